The molecular formula is C26H23N3O3S. The topological polar surface area (TPSA) is 84.2 Å². The van der Waals surface area contributed by atoms with Gasteiger partial charge in [-0.15, -0.1) is 11.8 Å². The van der Waals surface area contributed by atoms with E-state index in [-0.39, 0.29) is 23.0 Å². The summed E-state index contributed by atoms with van der Waals surface area (Å²) >= 11 is 1.45. The lowest BCUT2D eigenvalue weighted by atomic mass is 10.2. The van der Waals surface area contributed by atoms with E-state index in [0.717, 1.165) is 40.1 Å². The summed E-state index contributed by atoms with van der Waals surface area (Å²) in [5.41, 5.74) is 3.87. The van der Waals surface area contributed by atoms with Crippen molar-refractivity contribution in [2.24, 2.45) is 5.92 Å². The van der Waals surface area contributed by atoms with Gasteiger partial charge in [0.25, 0.3) is 0 Å². The first-order valence-electron chi connectivity index (χ1n) is 10.9. The Morgan fingerprint density at radius 3 is 2.52 bits per heavy atom. The van der Waals surface area contributed by atoms with E-state index in [4.69, 9.17) is 4.42 Å². The van der Waals surface area contributed by atoms with Crippen LogP contribution in [0.3, 0.4) is 0 Å². The zero-order valence-electron chi connectivity index (χ0n) is 18.1. The van der Waals surface area contributed by atoms with Gasteiger partial charge in [-0.2, -0.15) is 0 Å². The third-order valence-corrected chi connectivity index (χ3v) is 6.52. The molecule has 1 saturated carbocycles. The van der Waals surface area contributed by atoms with Crippen LogP contribution in [0.5, 0.6) is 0 Å². The third kappa shape index (κ3) is 5.09. The molecule has 1 atom stereocenters. The van der Waals surface area contributed by atoms with Crippen molar-refractivity contribution < 1.29 is 14.0 Å². The summed E-state index contributed by atoms with van der Waals surface area (Å²) in [6.45, 7) is 1.86. The molecule has 1 aromatic heterocycles. The average molecular weight is 458 g/mol. The van der Waals surface area contributed by atoms with Crippen molar-refractivity contribution in [2.75, 3.05) is 10.6 Å². The second-order valence-corrected chi connectivity index (χ2v) is 9.52. The number of aromatic nitrogens is 1. The van der Waals surface area contributed by atoms with Crippen LogP contribution in [0.2, 0.25) is 0 Å². The van der Waals surface area contributed by atoms with Gasteiger partial charge in [-0.1, -0.05) is 18.2 Å². The first-order chi connectivity index (χ1) is 16.0. The van der Waals surface area contributed by atoms with Crippen LogP contribution < -0.4 is 10.6 Å². The third-order valence-electron chi connectivity index (χ3n) is 5.43. The summed E-state index contributed by atoms with van der Waals surface area (Å²) in [5.74, 6) is 0.679. The minimum atomic E-state index is -0.309. The predicted octanol–water partition coefficient (Wildman–Crippen LogP) is 5.96. The number of nitrogens with one attached hydrogen (secondary N) is 2. The highest BCUT2D eigenvalue weighted by Gasteiger charge is 2.29. The number of hydrogen-bond acceptors (Lipinski definition) is 5. The van der Waals surface area contributed by atoms with Crippen LogP contribution in [-0.4, -0.2) is 22.0 Å². The number of thioether (sulfide) groups is 1. The molecule has 166 valence electrons. The van der Waals surface area contributed by atoms with Gasteiger partial charge in [-0.25, -0.2) is 4.98 Å². The van der Waals surface area contributed by atoms with Crippen molar-refractivity contribution in [3.8, 4) is 11.5 Å². The first kappa shape index (κ1) is 21.3. The maximum absolute atomic E-state index is 12.7. The van der Waals surface area contributed by atoms with Crippen molar-refractivity contribution in [1.29, 1.82) is 0 Å². The quantitative estimate of drug-likeness (QED) is 0.334. The predicted molar refractivity (Wildman–Crippen MR) is 131 cm³/mol. The Bertz CT molecular complexity index is 1280. The molecule has 2 amide bonds. The number of carbonyl (C=O) groups excluding carboxylic acids is 2. The molecular weight excluding hydrogens is 434 g/mol. The largest absolute Gasteiger partial charge is 0.436 e. The molecule has 1 unspecified atom stereocenters. The van der Waals surface area contributed by atoms with Crippen molar-refractivity contribution in [3.63, 3.8) is 0 Å². The molecule has 5 rings (SSSR count). The molecule has 0 radical (unpaired) electrons. The molecule has 7 heteroatoms. The fraction of sp³-hybridized carbons (Fsp3) is 0.192. The summed E-state index contributed by atoms with van der Waals surface area (Å²) < 4.78 is 5.80. The van der Waals surface area contributed by atoms with E-state index in [1.165, 1.54) is 11.8 Å². The number of benzene rings is 3. The standard InChI is InChI=1S/C26H23N3O3S/c1-16(33-21-6-4-5-20(15-21)28-25(31)17-9-10-17)24(30)27-19-13-11-18(12-14-19)26-29-22-7-2-3-8-23(22)32-26/h2-8,11-17H,9-10H2,1H3,(H,27,30)(H,28,31). The fourth-order valence-corrected chi connectivity index (χ4v) is 4.36. The number of carbonyl (C=O) groups is 2. The summed E-state index contributed by atoms with van der Waals surface area (Å²) in [4.78, 5) is 30.1. The second-order valence-electron chi connectivity index (χ2n) is 8.10. The van der Waals surface area contributed by atoms with Crippen LogP contribution in [0.15, 0.2) is 82.1 Å². The molecule has 3 aromatic carbocycles. The molecule has 0 spiro atoms. The number of amides is 2. The highest BCUT2D eigenvalue weighted by molar-refractivity contribution is 8.00. The Labute approximate surface area is 195 Å². The summed E-state index contributed by atoms with van der Waals surface area (Å²) in [6.07, 6.45) is 1.93. The van der Waals surface area contributed by atoms with E-state index >= 15 is 0 Å². The SMILES string of the molecule is CC(Sc1cccc(NC(=O)C2CC2)c1)C(=O)Nc1ccc(-c2nc3ccccc3o2)cc1. The van der Waals surface area contributed by atoms with Gasteiger partial charge in [0.1, 0.15) is 5.52 Å². The highest BCUT2D eigenvalue weighted by Crippen LogP contribution is 2.32. The monoisotopic (exact) mass is 457 g/mol. The number of oxazole rings is 1. The molecule has 1 fully saturated rings. The van der Waals surface area contributed by atoms with Gasteiger partial charge in [0.15, 0.2) is 5.58 Å². The van der Waals surface area contributed by atoms with Crippen LogP contribution in [0.1, 0.15) is 19.8 Å². The van der Waals surface area contributed by atoms with Gasteiger partial charge in [0, 0.05) is 27.8 Å². The van der Waals surface area contributed by atoms with Gasteiger partial charge >= 0.3 is 0 Å². The summed E-state index contributed by atoms with van der Waals surface area (Å²) in [6, 6.07) is 22.7. The number of rotatable bonds is 7. The van der Waals surface area contributed by atoms with Crippen molar-refractivity contribution in [2.45, 2.75) is 29.9 Å². The Morgan fingerprint density at radius 2 is 1.76 bits per heavy atom. The van der Waals surface area contributed by atoms with E-state index in [1.54, 1.807) is 0 Å². The lowest BCUT2D eigenvalue weighted by Crippen LogP contribution is -2.22. The smallest absolute Gasteiger partial charge is 0.237 e. The molecule has 4 aromatic rings. The minimum absolute atomic E-state index is 0.0734. The Balaban J connectivity index is 1.20. The lowest BCUT2D eigenvalue weighted by molar-refractivity contribution is -0.117. The van der Waals surface area contributed by atoms with Gasteiger partial charge in [0.05, 0.1) is 5.25 Å². The van der Waals surface area contributed by atoms with Gasteiger partial charge in [0.2, 0.25) is 17.7 Å². The van der Waals surface area contributed by atoms with Gasteiger partial charge < -0.3 is 15.1 Å². The van der Waals surface area contributed by atoms with E-state index in [1.807, 2.05) is 79.7 Å². The van der Waals surface area contributed by atoms with E-state index in [0.29, 0.717) is 11.6 Å². The fourth-order valence-electron chi connectivity index (χ4n) is 3.43. The highest BCUT2D eigenvalue weighted by atomic mass is 32.2. The number of para-hydroxylation sites is 2. The van der Waals surface area contributed by atoms with Crippen molar-refractivity contribution in [3.05, 3.63) is 72.8 Å². The van der Waals surface area contributed by atoms with Crippen LogP contribution in [0.25, 0.3) is 22.6 Å². The van der Waals surface area contributed by atoms with E-state index in [2.05, 4.69) is 15.6 Å². The Kier molecular flexibility index (Phi) is 5.88. The zero-order chi connectivity index (χ0) is 22.8. The lowest BCUT2D eigenvalue weighted by Gasteiger charge is -2.13. The number of hydrogen-bond donors (Lipinski definition) is 2. The molecule has 0 aliphatic heterocycles. The summed E-state index contributed by atoms with van der Waals surface area (Å²) in [7, 11) is 0. The number of nitrogens with zero attached hydrogens (tertiary/aromatic N) is 1. The van der Waals surface area contributed by atoms with Crippen molar-refractivity contribution in [1.82, 2.24) is 4.98 Å². The molecule has 1 aliphatic rings. The second kappa shape index (κ2) is 9.11. The molecule has 1 heterocycles. The number of fused-ring (bicyclic) bond motifs is 1. The molecule has 1 aliphatic carbocycles. The maximum atomic E-state index is 12.7. The molecule has 6 nitrogen and oxygen atoms in total. The van der Waals surface area contributed by atoms with Crippen molar-refractivity contribution >= 4 is 46.1 Å². The normalized spacial score (nSPS) is 14.1. The average Bonchev–Trinajstić information content (AvgIpc) is 3.58. The molecule has 2 N–H and O–H groups in total. The van der Waals surface area contributed by atoms with Crippen LogP contribution in [0.4, 0.5) is 11.4 Å². The van der Waals surface area contributed by atoms with Gasteiger partial charge in [-0.05, 0) is 74.4 Å². The van der Waals surface area contributed by atoms with Gasteiger partial charge in [-0.3, -0.25) is 9.59 Å². The van der Waals surface area contributed by atoms with E-state index in [9.17, 15) is 9.59 Å². The first-order valence-corrected chi connectivity index (χ1v) is 11.8. The zero-order valence-corrected chi connectivity index (χ0v) is 18.9. The Morgan fingerprint density at radius 1 is 0.970 bits per heavy atom. The minimum Gasteiger partial charge on any atom is -0.436 e. The van der Waals surface area contributed by atoms with Crippen LogP contribution in [-0.2, 0) is 9.59 Å². The van der Waals surface area contributed by atoms with E-state index < -0.39 is 0 Å². The molecule has 33 heavy (non-hydrogen) atoms. The maximum Gasteiger partial charge on any atom is 0.237 e. The van der Waals surface area contributed by atoms with Crippen LogP contribution >= 0.6 is 11.8 Å². The van der Waals surface area contributed by atoms with Crippen LogP contribution in [0, 0.1) is 5.92 Å². The Hall–Kier alpha value is -3.58. The molecule has 0 saturated heterocycles. The number of anilines is 2. The summed E-state index contributed by atoms with van der Waals surface area (Å²) in [5, 5.41) is 5.60. The molecule has 0 bridgehead atoms.